The number of nitrogens with zero attached hydrogens (tertiary/aromatic N) is 1. The average Bonchev–Trinajstić information content (AvgIpc) is 2.29. The monoisotopic (exact) mass is 208 g/mol. The number of methoxy groups -OCH3 is 1. The predicted molar refractivity (Wildman–Crippen MR) is 56.1 cm³/mol. The summed E-state index contributed by atoms with van der Waals surface area (Å²) in [4.78, 5) is 15.1. The van der Waals surface area contributed by atoms with Gasteiger partial charge in [0.15, 0.2) is 0 Å². The molecule has 0 bridgehead atoms. The zero-order valence-corrected chi connectivity index (χ0v) is 8.56. The zero-order valence-electron chi connectivity index (χ0n) is 8.56. The molecule has 1 rings (SSSR count). The standard InChI is InChI=1S/C10H12N2O3/c1-11-10(13)15-12-7-8-4-3-5-9(6-8)14-2/h3-7H,1-2H3,(H,11,13). The molecule has 0 aliphatic carbocycles. The van der Waals surface area contributed by atoms with Gasteiger partial charge < -0.3 is 10.1 Å². The molecule has 1 aromatic rings. The number of benzene rings is 1. The molecule has 0 fully saturated rings. The van der Waals surface area contributed by atoms with Gasteiger partial charge in [-0.1, -0.05) is 17.3 Å². The van der Waals surface area contributed by atoms with E-state index in [2.05, 4.69) is 15.3 Å². The van der Waals surface area contributed by atoms with Gasteiger partial charge >= 0.3 is 6.09 Å². The Bertz CT molecular complexity index is 363. The molecule has 0 saturated heterocycles. The van der Waals surface area contributed by atoms with E-state index in [1.807, 2.05) is 18.2 Å². The quantitative estimate of drug-likeness (QED) is 0.464. The third-order valence-corrected chi connectivity index (χ3v) is 1.64. The highest BCUT2D eigenvalue weighted by molar-refractivity contribution is 5.80. The van der Waals surface area contributed by atoms with E-state index in [0.717, 1.165) is 11.3 Å². The molecule has 80 valence electrons. The van der Waals surface area contributed by atoms with Crippen molar-refractivity contribution in [2.75, 3.05) is 14.2 Å². The van der Waals surface area contributed by atoms with E-state index >= 15 is 0 Å². The third-order valence-electron chi connectivity index (χ3n) is 1.64. The Labute approximate surface area is 87.7 Å². The molecule has 0 atom stereocenters. The summed E-state index contributed by atoms with van der Waals surface area (Å²) in [5, 5.41) is 5.77. The normalized spacial score (nSPS) is 10.0. The second-order valence-electron chi connectivity index (χ2n) is 2.64. The van der Waals surface area contributed by atoms with Gasteiger partial charge in [0, 0.05) is 7.05 Å². The molecule has 15 heavy (non-hydrogen) atoms. The second kappa shape index (κ2) is 5.64. The van der Waals surface area contributed by atoms with E-state index in [9.17, 15) is 4.79 Å². The van der Waals surface area contributed by atoms with Crippen molar-refractivity contribution in [2.45, 2.75) is 0 Å². The van der Waals surface area contributed by atoms with Crippen LogP contribution in [0.25, 0.3) is 0 Å². The first-order valence-electron chi connectivity index (χ1n) is 4.32. The minimum Gasteiger partial charge on any atom is -0.497 e. The molecule has 0 unspecified atom stereocenters. The highest BCUT2D eigenvalue weighted by Gasteiger charge is 1.95. The molecular formula is C10H12N2O3. The third kappa shape index (κ3) is 3.68. The lowest BCUT2D eigenvalue weighted by atomic mass is 10.2. The number of oxime groups is 1. The first-order valence-corrected chi connectivity index (χ1v) is 4.32. The van der Waals surface area contributed by atoms with Gasteiger partial charge in [0.2, 0.25) is 0 Å². The number of amides is 1. The van der Waals surface area contributed by atoms with E-state index in [0.29, 0.717) is 0 Å². The molecular weight excluding hydrogens is 196 g/mol. The molecule has 5 nitrogen and oxygen atoms in total. The van der Waals surface area contributed by atoms with Crippen molar-refractivity contribution in [3.05, 3.63) is 29.8 Å². The average molecular weight is 208 g/mol. The van der Waals surface area contributed by atoms with E-state index in [4.69, 9.17) is 4.74 Å². The van der Waals surface area contributed by atoms with Crippen LogP contribution >= 0.6 is 0 Å². The van der Waals surface area contributed by atoms with Gasteiger partial charge in [-0.25, -0.2) is 4.79 Å². The van der Waals surface area contributed by atoms with Crippen molar-refractivity contribution in [1.82, 2.24) is 5.32 Å². The lowest BCUT2D eigenvalue weighted by Gasteiger charge is -1.99. The summed E-state index contributed by atoms with van der Waals surface area (Å²) in [6, 6.07) is 7.23. The van der Waals surface area contributed by atoms with Crippen LogP contribution in [-0.4, -0.2) is 26.5 Å². The van der Waals surface area contributed by atoms with Crippen molar-refractivity contribution in [2.24, 2.45) is 5.16 Å². The Morgan fingerprint density at radius 1 is 1.53 bits per heavy atom. The Hall–Kier alpha value is -2.04. The molecule has 0 aromatic heterocycles. The fourth-order valence-electron chi connectivity index (χ4n) is 0.903. The van der Waals surface area contributed by atoms with E-state index in [-0.39, 0.29) is 0 Å². The first kappa shape index (κ1) is 11.0. The molecule has 0 spiro atoms. The van der Waals surface area contributed by atoms with Crippen LogP contribution in [0.15, 0.2) is 29.4 Å². The van der Waals surface area contributed by atoms with E-state index in [1.54, 1.807) is 13.2 Å². The smallest absolute Gasteiger partial charge is 0.433 e. The minimum atomic E-state index is -0.603. The summed E-state index contributed by atoms with van der Waals surface area (Å²) >= 11 is 0. The number of ether oxygens (including phenoxy) is 1. The molecule has 0 saturated carbocycles. The summed E-state index contributed by atoms with van der Waals surface area (Å²) in [6.07, 6.45) is 0.826. The van der Waals surface area contributed by atoms with Crippen LogP contribution in [0.4, 0.5) is 4.79 Å². The highest BCUT2D eigenvalue weighted by atomic mass is 16.7. The SMILES string of the molecule is CNC(=O)ON=Cc1cccc(OC)c1. The zero-order chi connectivity index (χ0) is 11.1. The predicted octanol–water partition coefficient (Wildman–Crippen LogP) is 1.39. The Kier molecular flexibility index (Phi) is 4.15. The number of carbonyl (C=O) groups excluding carboxylic acids is 1. The van der Waals surface area contributed by atoms with Crippen LogP contribution < -0.4 is 10.1 Å². The Balaban J connectivity index is 2.59. The number of rotatable bonds is 3. The maximum atomic E-state index is 10.7. The summed E-state index contributed by atoms with van der Waals surface area (Å²) in [7, 11) is 3.04. The molecule has 0 aliphatic rings. The summed E-state index contributed by atoms with van der Waals surface area (Å²) < 4.78 is 5.02. The van der Waals surface area contributed by atoms with Crippen LogP contribution in [0.1, 0.15) is 5.56 Å². The molecule has 0 radical (unpaired) electrons. The molecule has 0 aliphatic heterocycles. The van der Waals surface area contributed by atoms with Crippen molar-refractivity contribution in [1.29, 1.82) is 0 Å². The van der Waals surface area contributed by atoms with Crippen molar-refractivity contribution < 1.29 is 14.4 Å². The van der Waals surface area contributed by atoms with Crippen molar-refractivity contribution >= 4 is 12.3 Å². The van der Waals surface area contributed by atoms with Crippen LogP contribution in [-0.2, 0) is 4.84 Å². The number of nitrogens with one attached hydrogen (secondary N) is 1. The summed E-state index contributed by atoms with van der Waals surface area (Å²) in [5.41, 5.74) is 0.790. The molecule has 1 N–H and O–H groups in total. The van der Waals surface area contributed by atoms with Gasteiger partial charge in [-0.2, -0.15) is 0 Å². The minimum absolute atomic E-state index is 0.603. The molecule has 1 amide bonds. The lowest BCUT2D eigenvalue weighted by Crippen LogP contribution is -2.16. The van der Waals surface area contributed by atoms with Crippen molar-refractivity contribution in [3.63, 3.8) is 0 Å². The van der Waals surface area contributed by atoms with Crippen LogP contribution in [0, 0.1) is 0 Å². The maximum Gasteiger partial charge on any atom is 0.433 e. The highest BCUT2D eigenvalue weighted by Crippen LogP contribution is 2.10. The summed E-state index contributed by atoms with van der Waals surface area (Å²) in [5.74, 6) is 0.721. The van der Waals surface area contributed by atoms with Crippen LogP contribution in [0.3, 0.4) is 0 Å². The molecule has 0 heterocycles. The topological polar surface area (TPSA) is 59.9 Å². The number of hydrogen-bond donors (Lipinski definition) is 1. The lowest BCUT2D eigenvalue weighted by molar-refractivity contribution is 0.154. The fourth-order valence-corrected chi connectivity index (χ4v) is 0.903. The van der Waals surface area contributed by atoms with Crippen LogP contribution in [0.2, 0.25) is 0 Å². The van der Waals surface area contributed by atoms with Gasteiger partial charge in [-0.3, -0.25) is 4.84 Å². The molecule has 1 aromatic carbocycles. The van der Waals surface area contributed by atoms with Gasteiger partial charge in [0.1, 0.15) is 5.75 Å². The second-order valence-corrected chi connectivity index (χ2v) is 2.64. The van der Waals surface area contributed by atoms with Crippen molar-refractivity contribution in [3.8, 4) is 5.75 Å². The summed E-state index contributed by atoms with van der Waals surface area (Å²) in [6.45, 7) is 0. The maximum absolute atomic E-state index is 10.7. The molecule has 5 heteroatoms. The Morgan fingerprint density at radius 3 is 3.00 bits per heavy atom. The van der Waals surface area contributed by atoms with Gasteiger partial charge in [-0.15, -0.1) is 0 Å². The first-order chi connectivity index (χ1) is 7.26. The van der Waals surface area contributed by atoms with E-state index in [1.165, 1.54) is 13.3 Å². The van der Waals surface area contributed by atoms with Crippen LogP contribution in [0.5, 0.6) is 5.75 Å². The number of hydrogen-bond acceptors (Lipinski definition) is 4. The Morgan fingerprint density at radius 2 is 2.33 bits per heavy atom. The van der Waals surface area contributed by atoms with Gasteiger partial charge in [0.05, 0.1) is 13.3 Å². The van der Waals surface area contributed by atoms with Gasteiger partial charge in [-0.05, 0) is 17.7 Å². The van der Waals surface area contributed by atoms with Gasteiger partial charge in [0.25, 0.3) is 0 Å². The van der Waals surface area contributed by atoms with E-state index < -0.39 is 6.09 Å². The largest absolute Gasteiger partial charge is 0.497 e. The number of carbonyl (C=O) groups is 1. The fraction of sp³-hybridized carbons (Fsp3) is 0.200.